The summed E-state index contributed by atoms with van der Waals surface area (Å²) < 4.78 is 5.25. The first-order valence-corrected chi connectivity index (χ1v) is 7.60. The van der Waals surface area contributed by atoms with Crippen molar-refractivity contribution in [3.63, 3.8) is 0 Å². The van der Waals surface area contributed by atoms with Crippen LogP contribution < -0.4 is 10.6 Å². The van der Waals surface area contributed by atoms with E-state index in [1.165, 1.54) is 0 Å². The predicted octanol–water partition coefficient (Wildman–Crippen LogP) is -0.260. The highest BCUT2D eigenvalue weighted by molar-refractivity contribution is 5.88. The monoisotopic (exact) mass is 283 g/mol. The Labute approximate surface area is 120 Å². The van der Waals surface area contributed by atoms with E-state index in [-0.39, 0.29) is 17.7 Å². The van der Waals surface area contributed by atoms with E-state index in [0.29, 0.717) is 39.3 Å². The van der Waals surface area contributed by atoms with E-state index < -0.39 is 6.04 Å². The third-order valence-corrected chi connectivity index (χ3v) is 4.01. The SMILES string of the molecule is CCC(NC(=O)C1CCCNC1)C(=O)N1CCOCC1. The van der Waals surface area contributed by atoms with Crippen LogP contribution in [-0.2, 0) is 14.3 Å². The number of carbonyl (C=O) groups excluding carboxylic acids is 2. The number of rotatable bonds is 4. The van der Waals surface area contributed by atoms with E-state index in [1.54, 1.807) is 4.90 Å². The minimum atomic E-state index is -0.400. The van der Waals surface area contributed by atoms with Gasteiger partial charge in [0.2, 0.25) is 11.8 Å². The summed E-state index contributed by atoms with van der Waals surface area (Å²) in [5, 5.41) is 6.15. The van der Waals surface area contributed by atoms with Crippen LogP contribution in [0.1, 0.15) is 26.2 Å². The molecule has 2 aliphatic rings. The zero-order valence-corrected chi connectivity index (χ0v) is 12.2. The molecule has 2 aliphatic heterocycles. The molecule has 0 saturated carbocycles. The van der Waals surface area contributed by atoms with Crippen molar-refractivity contribution in [2.24, 2.45) is 5.92 Å². The average molecular weight is 283 g/mol. The summed E-state index contributed by atoms with van der Waals surface area (Å²) in [5.74, 6) is 0.0221. The molecule has 0 aliphatic carbocycles. The van der Waals surface area contributed by atoms with Gasteiger partial charge in [0.05, 0.1) is 19.1 Å². The summed E-state index contributed by atoms with van der Waals surface area (Å²) in [6.07, 6.45) is 2.55. The van der Waals surface area contributed by atoms with Gasteiger partial charge in [-0.1, -0.05) is 6.92 Å². The molecule has 114 valence electrons. The molecule has 0 aromatic carbocycles. The molecule has 2 fully saturated rings. The number of nitrogens with zero attached hydrogens (tertiary/aromatic N) is 1. The Balaban J connectivity index is 1.86. The summed E-state index contributed by atoms with van der Waals surface area (Å²) in [4.78, 5) is 26.4. The summed E-state index contributed by atoms with van der Waals surface area (Å²) >= 11 is 0. The fourth-order valence-corrected chi connectivity index (χ4v) is 2.71. The summed E-state index contributed by atoms with van der Waals surface area (Å²) in [7, 11) is 0. The molecule has 0 bridgehead atoms. The highest BCUT2D eigenvalue weighted by Crippen LogP contribution is 2.11. The molecule has 0 radical (unpaired) electrons. The molecule has 2 N–H and O–H groups in total. The summed E-state index contributed by atoms with van der Waals surface area (Å²) in [6.45, 7) is 6.04. The Morgan fingerprint density at radius 1 is 1.40 bits per heavy atom. The molecule has 6 nitrogen and oxygen atoms in total. The zero-order chi connectivity index (χ0) is 14.4. The molecule has 2 atom stereocenters. The third kappa shape index (κ3) is 3.93. The minimum Gasteiger partial charge on any atom is -0.378 e. The van der Waals surface area contributed by atoms with E-state index in [1.807, 2.05) is 6.92 Å². The van der Waals surface area contributed by atoms with Crippen LogP contribution in [-0.4, -0.2) is 62.1 Å². The molecule has 2 saturated heterocycles. The van der Waals surface area contributed by atoms with E-state index in [0.717, 1.165) is 19.4 Å². The number of nitrogens with one attached hydrogen (secondary N) is 2. The van der Waals surface area contributed by atoms with Gasteiger partial charge in [-0.25, -0.2) is 0 Å². The molecule has 2 rings (SSSR count). The van der Waals surface area contributed by atoms with Crippen molar-refractivity contribution in [2.75, 3.05) is 39.4 Å². The molecule has 0 aromatic heterocycles. The van der Waals surface area contributed by atoms with Crippen LogP contribution in [0, 0.1) is 5.92 Å². The van der Waals surface area contributed by atoms with Crippen LogP contribution in [0.2, 0.25) is 0 Å². The van der Waals surface area contributed by atoms with Gasteiger partial charge in [0.1, 0.15) is 6.04 Å². The molecule has 2 unspecified atom stereocenters. The van der Waals surface area contributed by atoms with Crippen LogP contribution in [0.5, 0.6) is 0 Å². The van der Waals surface area contributed by atoms with Crippen LogP contribution in [0.15, 0.2) is 0 Å². The second-order valence-corrected chi connectivity index (χ2v) is 5.45. The van der Waals surface area contributed by atoms with E-state index >= 15 is 0 Å². The van der Waals surface area contributed by atoms with Crippen LogP contribution in [0.4, 0.5) is 0 Å². The fraction of sp³-hybridized carbons (Fsp3) is 0.857. The quantitative estimate of drug-likeness (QED) is 0.746. The van der Waals surface area contributed by atoms with Crippen molar-refractivity contribution < 1.29 is 14.3 Å². The average Bonchev–Trinajstić information content (AvgIpc) is 2.53. The predicted molar refractivity (Wildman–Crippen MR) is 75.2 cm³/mol. The van der Waals surface area contributed by atoms with Crippen molar-refractivity contribution in [3.8, 4) is 0 Å². The molecular weight excluding hydrogens is 258 g/mol. The maximum absolute atomic E-state index is 12.4. The van der Waals surface area contributed by atoms with Gasteiger partial charge >= 0.3 is 0 Å². The molecule has 2 amide bonds. The third-order valence-electron chi connectivity index (χ3n) is 4.01. The van der Waals surface area contributed by atoms with Crippen molar-refractivity contribution in [3.05, 3.63) is 0 Å². The number of ether oxygens (including phenoxy) is 1. The van der Waals surface area contributed by atoms with Gasteiger partial charge in [-0.2, -0.15) is 0 Å². The van der Waals surface area contributed by atoms with Crippen LogP contribution in [0.3, 0.4) is 0 Å². The number of hydrogen-bond acceptors (Lipinski definition) is 4. The Bertz CT molecular complexity index is 337. The molecule has 20 heavy (non-hydrogen) atoms. The first-order valence-electron chi connectivity index (χ1n) is 7.60. The van der Waals surface area contributed by atoms with Crippen molar-refractivity contribution in [1.82, 2.24) is 15.5 Å². The Morgan fingerprint density at radius 2 is 2.15 bits per heavy atom. The second kappa shape index (κ2) is 7.59. The Morgan fingerprint density at radius 3 is 2.75 bits per heavy atom. The lowest BCUT2D eigenvalue weighted by Crippen LogP contribution is -2.53. The Kier molecular flexibility index (Phi) is 5.79. The van der Waals surface area contributed by atoms with Crippen molar-refractivity contribution in [1.29, 1.82) is 0 Å². The number of carbonyl (C=O) groups is 2. The first kappa shape index (κ1) is 15.3. The first-order chi connectivity index (χ1) is 9.72. The number of morpholine rings is 1. The lowest BCUT2D eigenvalue weighted by Gasteiger charge is -2.31. The van der Waals surface area contributed by atoms with Gasteiger partial charge in [0.15, 0.2) is 0 Å². The van der Waals surface area contributed by atoms with Crippen molar-refractivity contribution >= 4 is 11.8 Å². The largest absolute Gasteiger partial charge is 0.378 e. The van der Waals surface area contributed by atoms with Gasteiger partial charge < -0.3 is 20.3 Å². The normalized spacial score (nSPS) is 25.1. The van der Waals surface area contributed by atoms with Gasteiger partial charge in [0.25, 0.3) is 0 Å². The highest BCUT2D eigenvalue weighted by Gasteiger charge is 2.28. The standard InChI is InChI=1S/C14H25N3O3/c1-2-12(14(19)17-6-8-20-9-7-17)16-13(18)11-4-3-5-15-10-11/h11-12,15H,2-10H2,1H3,(H,16,18). The molecule has 6 heteroatoms. The van der Waals surface area contributed by atoms with Gasteiger partial charge in [-0.05, 0) is 25.8 Å². The highest BCUT2D eigenvalue weighted by atomic mass is 16.5. The molecule has 0 aromatic rings. The lowest BCUT2D eigenvalue weighted by atomic mass is 9.98. The van der Waals surface area contributed by atoms with Gasteiger partial charge in [-0.3, -0.25) is 9.59 Å². The van der Waals surface area contributed by atoms with E-state index in [2.05, 4.69) is 10.6 Å². The smallest absolute Gasteiger partial charge is 0.245 e. The van der Waals surface area contributed by atoms with Crippen LogP contribution >= 0.6 is 0 Å². The number of piperidine rings is 1. The van der Waals surface area contributed by atoms with Crippen molar-refractivity contribution in [2.45, 2.75) is 32.2 Å². The second-order valence-electron chi connectivity index (χ2n) is 5.45. The number of amides is 2. The zero-order valence-electron chi connectivity index (χ0n) is 12.2. The molecular formula is C14H25N3O3. The molecule has 0 spiro atoms. The lowest BCUT2D eigenvalue weighted by molar-refractivity contribution is -0.140. The summed E-state index contributed by atoms with van der Waals surface area (Å²) in [6, 6.07) is -0.400. The maximum Gasteiger partial charge on any atom is 0.245 e. The van der Waals surface area contributed by atoms with Gasteiger partial charge in [0, 0.05) is 19.6 Å². The Hall–Kier alpha value is -1.14. The van der Waals surface area contributed by atoms with E-state index in [9.17, 15) is 9.59 Å². The minimum absolute atomic E-state index is 0.00436. The topological polar surface area (TPSA) is 70.7 Å². The van der Waals surface area contributed by atoms with Crippen LogP contribution in [0.25, 0.3) is 0 Å². The van der Waals surface area contributed by atoms with Gasteiger partial charge in [-0.15, -0.1) is 0 Å². The number of hydrogen-bond donors (Lipinski definition) is 2. The maximum atomic E-state index is 12.4. The summed E-state index contributed by atoms with van der Waals surface area (Å²) in [5.41, 5.74) is 0. The molecule has 2 heterocycles. The van der Waals surface area contributed by atoms with E-state index in [4.69, 9.17) is 4.74 Å². The fourth-order valence-electron chi connectivity index (χ4n) is 2.71.